The number of hydrogen-bond acceptors (Lipinski definition) is 1. The van der Waals surface area contributed by atoms with E-state index in [1.54, 1.807) is 0 Å². The van der Waals surface area contributed by atoms with Gasteiger partial charge in [-0.1, -0.05) is 0 Å². The Labute approximate surface area is 74.5 Å². The highest BCUT2D eigenvalue weighted by molar-refractivity contribution is 8.65. The van der Waals surface area contributed by atoms with Crippen LogP contribution >= 0.6 is 19.7 Å². The van der Waals surface area contributed by atoms with Crippen LogP contribution in [0, 0.1) is 5.95 Å². The minimum absolute atomic E-state index is 0.205. The number of rotatable bonds is 1. The van der Waals surface area contributed by atoms with Crippen molar-refractivity contribution in [3.05, 3.63) is 24.3 Å². The Morgan fingerprint density at radius 1 is 1.23 bits per heavy atom. The van der Waals surface area contributed by atoms with Crippen molar-refractivity contribution in [2.45, 2.75) is 4.90 Å². The maximum absolute atomic E-state index is 12.4. The molecule has 0 N–H and O–H groups in total. The first kappa shape index (κ1) is 10.5. The molecular formula is C5H3ClF5NS. The molecule has 1 aromatic heterocycles. The van der Waals surface area contributed by atoms with Crippen molar-refractivity contribution in [1.82, 2.24) is 4.98 Å². The molecule has 1 heterocycles. The topological polar surface area (TPSA) is 12.9 Å². The Hall–Kier alpha value is -0.560. The lowest BCUT2D eigenvalue weighted by Gasteiger charge is -2.42. The molecule has 0 fully saturated rings. The van der Waals surface area contributed by atoms with Crippen LogP contribution in [-0.2, 0) is 0 Å². The number of aromatic nitrogens is 1. The van der Waals surface area contributed by atoms with Crippen molar-refractivity contribution >= 4 is 19.7 Å². The highest BCUT2D eigenvalue weighted by atomic mass is 35.7. The maximum Gasteiger partial charge on any atom is 0.257 e. The van der Waals surface area contributed by atoms with E-state index in [1.165, 1.54) is 0 Å². The molecule has 0 amide bonds. The summed E-state index contributed by atoms with van der Waals surface area (Å²) in [6.45, 7) is 0. The number of halogens is 6. The molecule has 0 saturated heterocycles. The molecule has 0 bridgehead atoms. The summed E-state index contributed by atoms with van der Waals surface area (Å²) in [6, 6.07) is 0.954. The molecule has 1 rings (SSSR count). The molecule has 0 aliphatic heterocycles. The monoisotopic (exact) mass is 239 g/mol. The predicted octanol–water partition coefficient (Wildman–Crippen LogP) is 4.15. The van der Waals surface area contributed by atoms with Crippen LogP contribution < -0.4 is 0 Å². The molecule has 76 valence electrons. The Morgan fingerprint density at radius 3 is 2.08 bits per heavy atom. The average molecular weight is 240 g/mol. The van der Waals surface area contributed by atoms with Crippen LogP contribution in [0.2, 0.25) is 0 Å². The highest BCUT2D eigenvalue weighted by Crippen LogP contribution is 3.04. The third kappa shape index (κ3) is 2.44. The lowest BCUT2D eigenvalue weighted by Crippen LogP contribution is -2.07. The zero-order valence-corrected chi connectivity index (χ0v) is 7.43. The molecular weight excluding hydrogens is 237 g/mol. The average Bonchev–Trinajstić information content (AvgIpc) is 1.82. The summed E-state index contributed by atoms with van der Waals surface area (Å²) >= 11 is 0. The largest absolute Gasteiger partial charge is 0.257 e. The molecule has 0 spiro atoms. The first-order chi connectivity index (χ1) is 5.50. The standard InChI is InChI=1S/C5H3ClF5NS/c6-13(8,9,10,11)4-2-1-3-12-5(4)7/h1-3H. The van der Waals surface area contributed by atoms with Gasteiger partial charge < -0.3 is 0 Å². The number of pyridine rings is 1. The van der Waals surface area contributed by atoms with Gasteiger partial charge in [-0.2, -0.15) is 4.39 Å². The zero-order chi connectivity index (χ0) is 10.4. The summed E-state index contributed by atoms with van der Waals surface area (Å²) in [5, 5.41) is 0. The molecule has 0 unspecified atom stereocenters. The van der Waals surface area contributed by atoms with Crippen LogP contribution in [-0.4, -0.2) is 4.98 Å². The molecule has 0 aliphatic rings. The van der Waals surface area contributed by atoms with E-state index in [-0.39, 0.29) is 6.07 Å². The van der Waals surface area contributed by atoms with E-state index in [0.29, 0.717) is 0 Å². The van der Waals surface area contributed by atoms with Crippen LogP contribution in [0.5, 0.6) is 0 Å². The van der Waals surface area contributed by atoms with Gasteiger partial charge in [-0.15, -0.1) is 15.5 Å². The van der Waals surface area contributed by atoms with Crippen molar-refractivity contribution in [2.24, 2.45) is 0 Å². The van der Waals surface area contributed by atoms with Gasteiger partial charge in [-0.25, -0.2) is 4.98 Å². The molecule has 0 aliphatic carbocycles. The normalized spacial score (nSPS) is 17.7. The highest BCUT2D eigenvalue weighted by Gasteiger charge is 2.65. The second kappa shape index (κ2) is 2.09. The summed E-state index contributed by atoms with van der Waals surface area (Å²) in [4.78, 5) is 0.505. The van der Waals surface area contributed by atoms with E-state index >= 15 is 0 Å². The van der Waals surface area contributed by atoms with Gasteiger partial charge in [0.05, 0.1) is 0 Å². The van der Waals surface area contributed by atoms with E-state index in [9.17, 15) is 19.9 Å². The van der Waals surface area contributed by atoms with Crippen LogP contribution in [0.25, 0.3) is 0 Å². The molecule has 8 heteroatoms. The molecule has 1 aromatic rings. The van der Waals surface area contributed by atoms with Crippen molar-refractivity contribution in [3.63, 3.8) is 0 Å². The van der Waals surface area contributed by atoms with Crippen LogP contribution in [0.15, 0.2) is 23.2 Å². The minimum atomic E-state index is -8.94. The van der Waals surface area contributed by atoms with Crippen molar-refractivity contribution < 1.29 is 19.9 Å². The van der Waals surface area contributed by atoms with E-state index in [4.69, 9.17) is 0 Å². The van der Waals surface area contributed by atoms with Gasteiger partial charge in [-0.05, 0) is 12.1 Å². The molecule has 1 nitrogen and oxygen atoms in total. The minimum Gasteiger partial charge on any atom is -0.227 e. The first-order valence-electron chi connectivity index (χ1n) is 2.85. The Balaban J connectivity index is 3.50. The lowest BCUT2D eigenvalue weighted by atomic mass is 10.5. The second-order valence-electron chi connectivity index (χ2n) is 2.26. The summed E-state index contributed by atoms with van der Waals surface area (Å²) in [5.41, 5.74) is 0. The first-order valence-corrected chi connectivity index (χ1v) is 5.73. The third-order valence-corrected chi connectivity index (χ3v) is 2.77. The van der Waals surface area contributed by atoms with Crippen molar-refractivity contribution in [1.29, 1.82) is 0 Å². The quantitative estimate of drug-likeness (QED) is 0.530. The van der Waals surface area contributed by atoms with Crippen molar-refractivity contribution in [3.8, 4) is 0 Å². The van der Waals surface area contributed by atoms with Gasteiger partial charge in [0.1, 0.15) is 4.90 Å². The van der Waals surface area contributed by atoms with Crippen LogP contribution in [0.3, 0.4) is 0 Å². The van der Waals surface area contributed by atoms with E-state index in [0.717, 1.165) is 12.3 Å². The molecule has 0 aromatic carbocycles. The summed E-state index contributed by atoms with van der Waals surface area (Å²) in [5.74, 6) is -1.96. The summed E-state index contributed by atoms with van der Waals surface area (Å²) < 4.78 is 61.9. The van der Waals surface area contributed by atoms with Crippen LogP contribution in [0.1, 0.15) is 0 Å². The Kier molecular flexibility index (Phi) is 1.69. The zero-order valence-electron chi connectivity index (χ0n) is 5.86. The van der Waals surface area contributed by atoms with Crippen molar-refractivity contribution in [2.75, 3.05) is 0 Å². The second-order valence-corrected chi connectivity index (χ2v) is 6.50. The molecule has 0 atom stereocenters. The smallest absolute Gasteiger partial charge is 0.227 e. The van der Waals surface area contributed by atoms with Crippen LogP contribution in [0.4, 0.5) is 19.9 Å². The molecule has 13 heavy (non-hydrogen) atoms. The Morgan fingerprint density at radius 2 is 1.77 bits per heavy atom. The van der Waals surface area contributed by atoms with Gasteiger partial charge in [0.2, 0.25) is 5.95 Å². The third-order valence-electron chi connectivity index (χ3n) is 1.14. The fourth-order valence-electron chi connectivity index (χ4n) is 0.659. The van der Waals surface area contributed by atoms with E-state index in [2.05, 4.69) is 15.7 Å². The summed E-state index contributed by atoms with van der Waals surface area (Å²) in [7, 11) is -5.10. The van der Waals surface area contributed by atoms with E-state index < -0.39 is 19.9 Å². The predicted molar refractivity (Wildman–Crippen MR) is 40.3 cm³/mol. The fourth-order valence-corrected chi connectivity index (χ4v) is 1.71. The Bertz CT molecular complexity index is 346. The van der Waals surface area contributed by atoms with Gasteiger partial charge >= 0.3 is 0 Å². The SMILES string of the molecule is Fc1ncccc1S(F)(F)(F)(F)Cl. The molecule has 0 saturated carbocycles. The van der Waals surface area contributed by atoms with Gasteiger partial charge in [0, 0.05) is 16.9 Å². The van der Waals surface area contributed by atoms with Gasteiger partial charge in [0.15, 0.2) is 0 Å². The molecule has 0 radical (unpaired) electrons. The van der Waals surface area contributed by atoms with Gasteiger partial charge in [0.25, 0.3) is 9.05 Å². The maximum atomic E-state index is 12.4. The van der Waals surface area contributed by atoms with E-state index in [1.807, 2.05) is 0 Å². The number of nitrogens with zero attached hydrogens (tertiary/aromatic N) is 1. The summed E-state index contributed by atoms with van der Waals surface area (Å²) in [6.07, 6.45) is 0.763. The van der Waals surface area contributed by atoms with Gasteiger partial charge in [-0.3, -0.25) is 0 Å². The number of hydrogen-bond donors (Lipinski definition) is 0. The fraction of sp³-hybridized carbons (Fsp3) is 0. The lowest BCUT2D eigenvalue weighted by molar-refractivity contribution is 0.455.